The van der Waals surface area contributed by atoms with Crippen molar-refractivity contribution < 1.29 is 4.79 Å². The second-order valence-electron chi connectivity index (χ2n) is 7.45. The van der Waals surface area contributed by atoms with Crippen LogP contribution < -0.4 is 0 Å². The zero-order chi connectivity index (χ0) is 21.7. The minimum atomic E-state index is 0.0716. The Bertz CT molecular complexity index is 1610. The second kappa shape index (κ2) is 7.21. The Hall–Kier alpha value is -4.17. The van der Waals surface area contributed by atoms with Gasteiger partial charge >= 0.3 is 0 Å². The van der Waals surface area contributed by atoms with E-state index >= 15 is 0 Å². The molecule has 0 bridgehead atoms. The summed E-state index contributed by atoms with van der Waals surface area (Å²) in [7, 11) is 0. The highest BCUT2D eigenvalue weighted by Gasteiger charge is 2.16. The molecule has 7 nitrogen and oxygen atoms in total. The Morgan fingerprint density at radius 3 is 2.75 bits per heavy atom. The Labute approximate surface area is 186 Å². The molecule has 0 saturated carbocycles. The summed E-state index contributed by atoms with van der Waals surface area (Å²) in [6.07, 6.45) is 7.10. The minimum Gasteiger partial charge on any atom is -0.338 e. The molecule has 2 N–H and O–H groups in total. The summed E-state index contributed by atoms with van der Waals surface area (Å²) in [5.74, 6) is 0.0716. The van der Waals surface area contributed by atoms with Crippen LogP contribution in [0.5, 0.6) is 0 Å². The van der Waals surface area contributed by atoms with Crippen LogP contribution in [0.4, 0.5) is 0 Å². The molecule has 154 valence electrons. The third-order valence-corrected chi connectivity index (χ3v) is 6.63. The van der Waals surface area contributed by atoms with Crippen LogP contribution in [0.15, 0.2) is 67.3 Å². The number of pyridine rings is 3. The molecule has 8 heteroatoms. The highest BCUT2D eigenvalue weighted by molar-refractivity contribution is 7.17. The van der Waals surface area contributed by atoms with E-state index in [1.807, 2.05) is 36.4 Å². The summed E-state index contributed by atoms with van der Waals surface area (Å²) in [5.41, 5.74) is 6.09. The average molecular weight is 437 g/mol. The summed E-state index contributed by atoms with van der Waals surface area (Å²) < 4.78 is 0. The number of hydrogen-bond acceptors (Lipinski definition) is 6. The van der Waals surface area contributed by atoms with Crippen molar-refractivity contribution in [1.29, 1.82) is 0 Å². The molecule has 0 unspecified atom stereocenters. The van der Waals surface area contributed by atoms with Crippen LogP contribution in [0.1, 0.15) is 16.6 Å². The molecule has 6 aromatic heterocycles. The van der Waals surface area contributed by atoms with Gasteiger partial charge in [0.05, 0.1) is 28.0 Å². The number of aromatic amines is 2. The highest BCUT2D eigenvalue weighted by atomic mass is 32.1. The molecule has 0 aliphatic rings. The van der Waals surface area contributed by atoms with Gasteiger partial charge in [-0.25, -0.2) is 4.98 Å². The topological polar surface area (TPSA) is 100 Å². The molecule has 32 heavy (non-hydrogen) atoms. The highest BCUT2D eigenvalue weighted by Crippen LogP contribution is 2.36. The maximum absolute atomic E-state index is 11.7. The van der Waals surface area contributed by atoms with E-state index in [9.17, 15) is 4.79 Å². The number of carbonyl (C=O) groups is 1. The van der Waals surface area contributed by atoms with E-state index in [1.54, 1.807) is 31.7 Å². The minimum absolute atomic E-state index is 0.0716. The SMILES string of the molecule is CC(=O)c1ccc(-c2ccnc3[nH]c(-c4n[nH]c5cnc(-c6cccnc6)cc45)cc23)s1. The zero-order valence-electron chi connectivity index (χ0n) is 17.0. The number of nitrogens with zero attached hydrogens (tertiary/aromatic N) is 4. The largest absolute Gasteiger partial charge is 0.338 e. The number of ketones is 1. The van der Waals surface area contributed by atoms with Crippen LogP contribution in [0.25, 0.3) is 55.0 Å². The van der Waals surface area contributed by atoms with Crippen LogP contribution in [0.3, 0.4) is 0 Å². The predicted octanol–water partition coefficient (Wildman–Crippen LogP) is 5.49. The van der Waals surface area contributed by atoms with Gasteiger partial charge in [-0.3, -0.25) is 19.9 Å². The van der Waals surface area contributed by atoms with Crippen LogP contribution >= 0.6 is 11.3 Å². The maximum atomic E-state index is 11.7. The first kappa shape index (κ1) is 18.6. The number of aromatic nitrogens is 6. The number of rotatable bonds is 4. The number of thiophene rings is 1. The molecule has 0 radical (unpaired) electrons. The number of fused-ring (bicyclic) bond motifs is 2. The van der Waals surface area contributed by atoms with Gasteiger partial charge < -0.3 is 4.98 Å². The first-order chi connectivity index (χ1) is 15.7. The molecular weight excluding hydrogens is 420 g/mol. The molecule has 0 fully saturated rings. The molecule has 0 aromatic carbocycles. The van der Waals surface area contributed by atoms with Gasteiger partial charge in [-0.15, -0.1) is 11.3 Å². The van der Waals surface area contributed by atoms with E-state index in [2.05, 4.69) is 36.2 Å². The van der Waals surface area contributed by atoms with Crippen LogP contribution in [-0.4, -0.2) is 35.9 Å². The number of carbonyl (C=O) groups excluding carboxylic acids is 1. The Kier molecular flexibility index (Phi) is 4.19. The number of Topliss-reactive ketones (excluding diaryl/α,β-unsaturated/α-hetero) is 1. The first-order valence-corrected chi connectivity index (χ1v) is 10.8. The molecule has 0 aliphatic heterocycles. The molecule has 6 rings (SSSR count). The number of hydrogen-bond donors (Lipinski definition) is 2. The zero-order valence-corrected chi connectivity index (χ0v) is 17.8. The molecule has 0 saturated heterocycles. The van der Waals surface area contributed by atoms with E-state index in [4.69, 9.17) is 0 Å². The van der Waals surface area contributed by atoms with Crippen molar-refractivity contribution in [2.45, 2.75) is 6.92 Å². The van der Waals surface area contributed by atoms with Gasteiger partial charge in [-0.1, -0.05) is 0 Å². The van der Waals surface area contributed by atoms with Crippen molar-refractivity contribution in [3.05, 3.63) is 72.1 Å². The van der Waals surface area contributed by atoms with Crippen molar-refractivity contribution in [3.8, 4) is 33.1 Å². The lowest BCUT2D eigenvalue weighted by molar-refractivity contribution is 0.102. The molecule has 0 amide bonds. The Morgan fingerprint density at radius 1 is 1.00 bits per heavy atom. The van der Waals surface area contributed by atoms with Crippen molar-refractivity contribution in [2.75, 3.05) is 0 Å². The standard InChI is InChI=1S/C24H16N6OS/c1-13(31)21-4-5-22(32-21)15-6-8-26-24-16(15)9-19(28-24)23-17-10-18(14-3-2-7-25-11-14)27-12-20(17)29-30-23/h2-12H,1H3,(H,26,28)(H,29,30). The fourth-order valence-electron chi connectivity index (χ4n) is 3.84. The number of H-pyrrole nitrogens is 2. The predicted molar refractivity (Wildman–Crippen MR) is 126 cm³/mol. The fourth-order valence-corrected chi connectivity index (χ4v) is 4.78. The maximum Gasteiger partial charge on any atom is 0.169 e. The van der Waals surface area contributed by atoms with Gasteiger partial charge in [0.25, 0.3) is 0 Å². The third kappa shape index (κ3) is 3.00. The first-order valence-electron chi connectivity index (χ1n) is 10.0. The van der Waals surface area contributed by atoms with Crippen LogP contribution in [0.2, 0.25) is 0 Å². The third-order valence-electron chi connectivity index (χ3n) is 5.41. The lowest BCUT2D eigenvalue weighted by Crippen LogP contribution is -1.85. The lowest BCUT2D eigenvalue weighted by atomic mass is 10.1. The smallest absolute Gasteiger partial charge is 0.169 e. The molecular formula is C24H16N6OS. The molecule has 0 atom stereocenters. The van der Waals surface area contributed by atoms with E-state index < -0.39 is 0 Å². The molecule has 6 aromatic rings. The van der Waals surface area contributed by atoms with Crippen molar-refractivity contribution in [2.24, 2.45) is 0 Å². The van der Waals surface area contributed by atoms with Crippen molar-refractivity contribution in [3.63, 3.8) is 0 Å². The normalized spacial score (nSPS) is 11.4. The number of nitrogens with one attached hydrogen (secondary N) is 2. The Morgan fingerprint density at radius 2 is 1.94 bits per heavy atom. The van der Waals surface area contributed by atoms with Gasteiger partial charge in [-0.2, -0.15) is 5.10 Å². The van der Waals surface area contributed by atoms with E-state index in [0.29, 0.717) is 0 Å². The summed E-state index contributed by atoms with van der Waals surface area (Å²) in [5, 5.41) is 9.56. The monoisotopic (exact) mass is 436 g/mol. The second-order valence-corrected chi connectivity index (χ2v) is 8.54. The fraction of sp³-hybridized carbons (Fsp3) is 0.0417. The molecule has 0 aliphatic carbocycles. The van der Waals surface area contributed by atoms with E-state index in [0.717, 1.165) is 59.9 Å². The Balaban J connectivity index is 1.49. The van der Waals surface area contributed by atoms with Crippen LogP contribution in [0, 0.1) is 0 Å². The van der Waals surface area contributed by atoms with Crippen LogP contribution in [-0.2, 0) is 0 Å². The lowest BCUT2D eigenvalue weighted by Gasteiger charge is -2.00. The summed E-state index contributed by atoms with van der Waals surface area (Å²) >= 11 is 1.49. The van der Waals surface area contributed by atoms with E-state index in [-0.39, 0.29) is 5.78 Å². The van der Waals surface area contributed by atoms with E-state index in [1.165, 1.54) is 11.3 Å². The molecule has 0 spiro atoms. The van der Waals surface area contributed by atoms with Gasteiger partial charge in [0.15, 0.2) is 5.78 Å². The van der Waals surface area contributed by atoms with Gasteiger partial charge in [0.2, 0.25) is 0 Å². The average Bonchev–Trinajstić information content (AvgIpc) is 3.56. The van der Waals surface area contributed by atoms with Crippen molar-refractivity contribution >= 4 is 39.1 Å². The van der Waals surface area contributed by atoms with Gasteiger partial charge in [0.1, 0.15) is 11.3 Å². The summed E-state index contributed by atoms with van der Waals surface area (Å²) in [6, 6.07) is 13.8. The molecule has 6 heterocycles. The van der Waals surface area contributed by atoms with Gasteiger partial charge in [0, 0.05) is 45.4 Å². The quantitative estimate of drug-likeness (QED) is 0.356. The van der Waals surface area contributed by atoms with Gasteiger partial charge in [-0.05, 0) is 49.4 Å². The summed E-state index contributed by atoms with van der Waals surface area (Å²) in [6.45, 7) is 1.59. The summed E-state index contributed by atoms with van der Waals surface area (Å²) in [4.78, 5) is 30.2. The van der Waals surface area contributed by atoms with Crippen molar-refractivity contribution in [1.82, 2.24) is 30.1 Å².